The molecule has 3 rings (SSSR count). The number of nitrogens with one attached hydrogen (secondary N) is 1. The van der Waals surface area contributed by atoms with Crippen molar-refractivity contribution in [2.24, 2.45) is 7.05 Å². The molecule has 1 atom stereocenters. The van der Waals surface area contributed by atoms with Crippen molar-refractivity contribution < 1.29 is 13.2 Å². The number of anilines is 2. The number of nitrogen functional groups attached to an aromatic ring is 1. The standard InChI is InChI=1S/C21H31F3N8S/c1-13(12-33-19-30-29-18(25)31(19)5)6-7-14-11-32(9-8-26-14)16-10-15(21(22,23)24)27-17(28-16)20(2,3)4/h6,10,14,26H,7-9,11-12H2,1-5H3,(H2,25,29)/b13-6+. The summed E-state index contributed by atoms with van der Waals surface area (Å²) in [5.74, 6) is 1.64. The van der Waals surface area contributed by atoms with Crippen molar-refractivity contribution in [2.45, 2.75) is 56.9 Å². The Kier molecular flexibility index (Phi) is 7.57. The summed E-state index contributed by atoms with van der Waals surface area (Å²) in [6, 6.07) is 1.16. The fourth-order valence-electron chi connectivity index (χ4n) is 3.30. The van der Waals surface area contributed by atoms with Crippen molar-refractivity contribution in [1.82, 2.24) is 30.0 Å². The lowest BCUT2D eigenvalue weighted by molar-refractivity contribution is -0.141. The van der Waals surface area contributed by atoms with Gasteiger partial charge in [0.15, 0.2) is 5.16 Å². The Labute approximate surface area is 196 Å². The van der Waals surface area contributed by atoms with Gasteiger partial charge in [0.1, 0.15) is 17.3 Å². The first kappa shape index (κ1) is 25.3. The van der Waals surface area contributed by atoms with Crippen LogP contribution in [0.1, 0.15) is 45.6 Å². The molecule has 2 aromatic rings. The van der Waals surface area contributed by atoms with Gasteiger partial charge in [-0.15, -0.1) is 10.2 Å². The van der Waals surface area contributed by atoms with E-state index in [1.807, 2.05) is 39.6 Å². The molecule has 0 saturated carbocycles. The molecule has 1 saturated heterocycles. The summed E-state index contributed by atoms with van der Waals surface area (Å²) in [6.45, 7) is 9.30. The number of halogens is 3. The maximum absolute atomic E-state index is 13.5. The second kappa shape index (κ2) is 9.88. The molecule has 0 radical (unpaired) electrons. The minimum Gasteiger partial charge on any atom is -0.368 e. The van der Waals surface area contributed by atoms with E-state index in [0.29, 0.717) is 31.4 Å². The maximum atomic E-state index is 13.5. The van der Waals surface area contributed by atoms with Gasteiger partial charge in [-0.2, -0.15) is 13.2 Å². The highest BCUT2D eigenvalue weighted by atomic mass is 32.2. The predicted octanol–water partition coefficient (Wildman–Crippen LogP) is 3.41. The number of rotatable bonds is 6. The number of piperazine rings is 1. The van der Waals surface area contributed by atoms with Gasteiger partial charge in [0.2, 0.25) is 5.95 Å². The van der Waals surface area contributed by atoms with Crippen LogP contribution in [0.25, 0.3) is 0 Å². The molecule has 8 nitrogen and oxygen atoms in total. The molecule has 1 unspecified atom stereocenters. The smallest absolute Gasteiger partial charge is 0.368 e. The highest BCUT2D eigenvalue weighted by Gasteiger charge is 2.36. The van der Waals surface area contributed by atoms with Gasteiger partial charge < -0.3 is 16.0 Å². The van der Waals surface area contributed by atoms with E-state index in [9.17, 15) is 13.2 Å². The van der Waals surface area contributed by atoms with Gasteiger partial charge in [0.25, 0.3) is 0 Å². The van der Waals surface area contributed by atoms with Gasteiger partial charge in [-0.1, -0.05) is 44.2 Å². The third-order valence-electron chi connectivity index (χ3n) is 5.30. The molecule has 3 N–H and O–H groups in total. The van der Waals surface area contributed by atoms with Crippen LogP contribution in [-0.4, -0.2) is 56.2 Å². The summed E-state index contributed by atoms with van der Waals surface area (Å²) < 4.78 is 42.1. The Bertz CT molecular complexity index is 964. The van der Waals surface area contributed by atoms with Crippen LogP contribution < -0.4 is 16.0 Å². The quantitative estimate of drug-likeness (QED) is 0.476. The van der Waals surface area contributed by atoms with E-state index in [1.54, 1.807) is 16.3 Å². The molecule has 0 aromatic carbocycles. The molecule has 3 heterocycles. The van der Waals surface area contributed by atoms with Crippen molar-refractivity contribution in [1.29, 1.82) is 0 Å². The number of nitrogens with zero attached hydrogens (tertiary/aromatic N) is 6. The monoisotopic (exact) mass is 484 g/mol. The molecule has 1 aliphatic rings. The van der Waals surface area contributed by atoms with Gasteiger partial charge in [-0.05, 0) is 13.3 Å². The molecule has 0 spiro atoms. The molecule has 2 aromatic heterocycles. The van der Waals surface area contributed by atoms with Crippen molar-refractivity contribution in [3.05, 3.63) is 29.2 Å². The molecule has 33 heavy (non-hydrogen) atoms. The van der Waals surface area contributed by atoms with Gasteiger partial charge in [0, 0.05) is 50.0 Å². The molecule has 0 amide bonds. The summed E-state index contributed by atoms with van der Waals surface area (Å²) in [5.41, 5.74) is 5.40. The average Bonchev–Trinajstić information content (AvgIpc) is 3.07. The average molecular weight is 485 g/mol. The summed E-state index contributed by atoms with van der Waals surface area (Å²) in [4.78, 5) is 10.2. The number of thioether (sulfide) groups is 1. The fraction of sp³-hybridized carbons (Fsp3) is 0.619. The van der Waals surface area contributed by atoms with Crippen LogP contribution >= 0.6 is 11.8 Å². The van der Waals surface area contributed by atoms with Gasteiger partial charge in [-0.3, -0.25) is 4.57 Å². The van der Waals surface area contributed by atoms with Crippen LogP contribution in [0, 0.1) is 0 Å². The van der Waals surface area contributed by atoms with E-state index < -0.39 is 17.3 Å². The lowest BCUT2D eigenvalue weighted by atomic mass is 9.95. The first-order valence-corrected chi connectivity index (χ1v) is 11.7. The highest BCUT2D eigenvalue weighted by molar-refractivity contribution is 7.99. The topological polar surface area (TPSA) is 97.8 Å². The number of hydrogen-bond donors (Lipinski definition) is 2. The Balaban J connectivity index is 1.67. The number of aromatic nitrogens is 5. The van der Waals surface area contributed by atoms with Crippen LogP contribution in [0.5, 0.6) is 0 Å². The third-order valence-corrected chi connectivity index (χ3v) is 6.52. The Morgan fingerprint density at radius 1 is 1.27 bits per heavy atom. The van der Waals surface area contributed by atoms with E-state index in [-0.39, 0.29) is 11.9 Å². The molecule has 182 valence electrons. The Morgan fingerprint density at radius 3 is 2.61 bits per heavy atom. The van der Waals surface area contributed by atoms with Crippen LogP contribution in [-0.2, 0) is 18.6 Å². The predicted molar refractivity (Wildman–Crippen MR) is 124 cm³/mol. The highest BCUT2D eigenvalue weighted by Crippen LogP contribution is 2.32. The zero-order valence-electron chi connectivity index (χ0n) is 19.6. The van der Waals surface area contributed by atoms with E-state index in [1.165, 1.54) is 5.57 Å². The van der Waals surface area contributed by atoms with E-state index in [0.717, 1.165) is 23.4 Å². The van der Waals surface area contributed by atoms with Crippen molar-refractivity contribution >= 4 is 23.5 Å². The van der Waals surface area contributed by atoms with Crippen LogP contribution in [0.3, 0.4) is 0 Å². The molecule has 0 aliphatic carbocycles. The third kappa shape index (κ3) is 6.59. The van der Waals surface area contributed by atoms with Crippen molar-refractivity contribution in [3.8, 4) is 0 Å². The second-order valence-corrected chi connectivity index (χ2v) is 10.2. The first-order chi connectivity index (χ1) is 15.3. The minimum atomic E-state index is -4.52. The molecule has 1 aliphatic heterocycles. The van der Waals surface area contributed by atoms with Crippen molar-refractivity contribution in [3.63, 3.8) is 0 Å². The molecule has 12 heteroatoms. The van der Waals surface area contributed by atoms with E-state index >= 15 is 0 Å². The van der Waals surface area contributed by atoms with Gasteiger partial charge in [0.05, 0.1) is 0 Å². The Hall–Kier alpha value is -2.34. The summed E-state index contributed by atoms with van der Waals surface area (Å²) in [7, 11) is 1.82. The number of hydrogen-bond acceptors (Lipinski definition) is 8. The lowest BCUT2D eigenvalue weighted by Gasteiger charge is -2.35. The first-order valence-electron chi connectivity index (χ1n) is 10.7. The summed E-state index contributed by atoms with van der Waals surface area (Å²) in [5, 5.41) is 12.1. The number of alkyl halides is 3. The minimum absolute atomic E-state index is 0.103. The van der Waals surface area contributed by atoms with E-state index in [4.69, 9.17) is 5.73 Å². The zero-order chi connectivity index (χ0) is 24.4. The zero-order valence-corrected chi connectivity index (χ0v) is 20.4. The summed E-state index contributed by atoms with van der Waals surface area (Å²) in [6.07, 6.45) is -1.61. The maximum Gasteiger partial charge on any atom is 0.433 e. The second-order valence-electron chi connectivity index (χ2n) is 9.25. The normalized spacial score (nSPS) is 18.1. The van der Waals surface area contributed by atoms with E-state index in [2.05, 4.69) is 31.6 Å². The largest absolute Gasteiger partial charge is 0.433 e. The van der Waals surface area contributed by atoms with Crippen LogP contribution in [0.2, 0.25) is 0 Å². The van der Waals surface area contributed by atoms with Crippen molar-refractivity contribution in [2.75, 3.05) is 36.0 Å². The summed E-state index contributed by atoms with van der Waals surface area (Å²) >= 11 is 1.55. The molecule has 1 fully saturated rings. The fourth-order valence-corrected chi connectivity index (χ4v) is 4.16. The lowest BCUT2D eigenvalue weighted by Crippen LogP contribution is -2.51. The number of nitrogens with two attached hydrogens (primary N) is 1. The molecular weight excluding hydrogens is 453 g/mol. The SMILES string of the molecule is C/C(=C\CC1CN(c2cc(C(F)(F)F)nc(C(C)(C)C)n2)CCN1)CSc1nnc(N)n1C. The Morgan fingerprint density at radius 2 is 2.00 bits per heavy atom. The molecular formula is C21H31F3N8S. The van der Waals surface area contributed by atoms with Gasteiger partial charge in [-0.25, -0.2) is 9.97 Å². The van der Waals surface area contributed by atoms with Gasteiger partial charge >= 0.3 is 6.18 Å². The van der Waals surface area contributed by atoms with Crippen LogP contribution in [0.15, 0.2) is 22.9 Å². The molecule has 0 bridgehead atoms. The van der Waals surface area contributed by atoms with Crippen LogP contribution in [0.4, 0.5) is 24.9 Å².